The molecule has 0 saturated heterocycles. The summed E-state index contributed by atoms with van der Waals surface area (Å²) in [5, 5.41) is 12.4. The summed E-state index contributed by atoms with van der Waals surface area (Å²) in [4.78, 5) is 13.9. The number of carbonyl (C=O) groups is 1. The summed E-state index contributed by atoms with van der Waals surface area (Å²) in [5.41, 5.74) is 1.19. The summed E-state index contributed by atoms with van der Waals surface area (Å²) in [6.45, 7) is 0. The van der Waals surface area contributed by atoms with Gasteiger partial charge in [-0.3, -0.25) is 4.79 Å². The molecule has 0 atom stereocenters. The molecule has 2 aromatic rings. The van der Waals surface area contributed by atoms with E-state index in [1.807, 2.05) is 6.07 Å². The maximum Gasteiger partial charge on any atom is 0.271 e. The van der Waals surface area contributed by atoms with Crippen LogP contribution in [0.1, 0.15) is 15.2 Å². The largest absolute Gasteiger partial charge is 0.311 e. The first-order chi connectivity index (χ1) is 8.22. The number of nitriles is 1. The number of nitrogens with zero attached hydrogens (tertiary/aromatic N) is 4. The summed E-state index contributed by atoms with van der Waals surface area (Å²) in [6.07, 6.45) is 1.43. The molecule has 0 fully saturated rings. The number of benzene rings is 1. The zero-order valence-electron chi connectivity index (χ0n) is 8.99. The molecule has 0 aliphatic heterocycles. The smallest absolute Gasteiger partial charge is 0.271 e. The van der Waals surface area contributed by atoms with Crippen LogP contribution in [0.15, 0.2) is 30.5 Å². The molecule has 17 heavy (non-hydrogen) atoms. The highest BCUT2D eigenvalue weighted by atomic mass is 32.1. The maximum absolute atomic E-state index is 12.0. The Morgan fingerprint density at radius 2 is 2.35 bits per heavy atom. The molecule has 6 heteroatoms. The third kappa shape index (κ3) is 2.29. The van der Waals surface area contributed by atoms with Crippen molar-refractivity contribution < 1.29 is 4.79 Å². The topological polar surface area (TPSA) is 69.9 Å². The van der Waals surface area contributed by atoms with Crippen LogP contribution in [-0.4, -0.2) is 22.5 Å². The van der Waals surface area contributed by atoms with Crippen LogP contribution in [-0.2, 0) is 0 Å². The van der Waals surface area contributed by atoms with E-state index >= 15 is 0 Å². The van der Waals surface area contributed by atoms with Crippen LogP contribution in [0.5, 0.6) is 0 Å². The molecule has 0 unspecified atom stereocenters. The van der Waals surface area contributed by atoms with Gasteiger partial charge in [-0.05, 0) is 29.7 Å². The lowest BCUT2D eigenvalue weighted by molar-refractivity contribution is 0.0996. The molecule has 0 aliphatic rings. The van der Waals surface area contributed by atoms with Crippen molar-refractivity contribution in [1.82, 2.24) is 9.59 Å². The molecule has 1 amide bonds. The third-order valence-electron chi connectivity index (χ3n) is 2.24. The first-order valence-electron chi connectivity index (χ1n) is 4.78. The van der Waals surface area contributed by atoms with Gasteiger partial charge in [-0.25, -0.2) is 0 Å². The van der Waals surface area contributed by atoms with E-state index in [1.54, 1.807) is 31.3 Å². The van der Waals surface area contributed by atoms with Crippen LogP contribution in [0.4, 0.5) is 5.69 Å². The zero-order valence-corrected chi connectivity index (χ0v) is 9.81. The summed E-state index contributed by atoms with van der Waals surface area (Å²) < 4.78 is 3.64. The SMILES string of the molecule is CN(C(=O)c1cnns1)c1cccc(C#N)c1. The lowest BCUT2D eigenvalue weighted by Crippen LogP contribution is -2.25. The number of carbonyl (C=O) groups excluding carboxylic acids is 1. The second-order valence-corrected chi connectivity index (χ2v) is 4.09. The van der Waals surface area contributed by atoms with E-state index in [0.717, 1.165) is 11.5 Å². The van der Waals surface area contributed by atoms with Crippen molar-refractivity contribution in [2.24, 2.45) is 0 Å². The Morgan fingerprint density at radius 3 is 3.00 bits per heavy atom. The molecule has 5 nitrogen and oxygen atoms in total. The summed E-state index contributed by atoms with van der Waals surface area (Å²) >= 11 is 1.05. The van der Waals surface area contributed by atoms with E-state index in [-0.39, 0.29) is 5.91 Å². The molecular formula is C11H8N4OS. The Morgan fingerprint density at radius 1 is 1.53 bits per heavy atom. The standard InChI is InChI=1S/C11H8N4OS/c1-15(11(16)10-7-13-14-17-10)9-4-2-3-8(5-9)6-12/h2-5,7H,1H3. The van der Waals surface area contributed by atoms with Gasteiger partial charge in [-0.1, -0.05) is 10.6 Å². The fraction of sp³-hybridized carbons (Fsp3) is 0.0909. The normalized spacial score (nSPS) is 9.65. The number of amides is 1. The Hall–Kier alpha value is -2.26. The van der Waals surface area contributed by atoms with Gasteiger partial charge in [0.1, 0.15) is 4.88 Å². The predicted octanol–water partition coefficient (Wildman–Crippen LogP) is 1.69. The second-order valence-electron chi connectivity index (χ2n) is 3.31. The van der Waals surface area contributed by atoms with Crippen molar-refractivity contribution in [2.75, 3.05) is 11.9 Å². The molecule has 0 spiro atoms. The zero-order chi connectivity index (χ0) is 12.3. The molecule has 84 valence electrons. The van der Waals surface area contributed by atoms with Crippen molar-refractivity contribution in [2.45, 2.75) is 0 Å². The molecule has 0 N–H and O–H groups in total. The fourth-order valence-corrected chi connectivity index (χ4v) is 1.82. The molecule has 0 aliphatic carbocycles. The minimum atomic E-state index is -0.185. The van der Waals surface area contributed by atoms with Crippen molar-refractivity contribution in [1.29, 1.82) is 5.26 Å². The van der Waals surface area contributed by atoms with Crippen LogP contribution in [0, 0.1) is 11.3 Å². The highest BCUT2D eigenvalue weighted by Gasteiger charge is 2.15. The maximum atomic E-state index is 12.0. The Balaban J connectivity index is 2.28. The molecule has 1 aromatic carbocycles. The molecule has 1 aromatic heterocycles. The molecule has 0 bridgehead atoms. The van der Waals surface area contributed by atoms with E-state index in [4.69, 9.17) is 5.26 Å². The van der Waals surface area contributed by atoms with Crippen LogP contribution >= 0.6 is 11.5 Å². The monoisotopic (exact) mass is 244 g/mol. The van der Waals surface area contributed by atoms with Gasteiger partial charge in [0.2, 0.25) is 0 Å². The van der Waals surface area contributed by atoms with Crippen LogP contribution in [0.2, 0.25) is 0 Å². The van der Waals surface area contributed by atoms with Gasteiger partial charge in [-0.2, -0.15) is 5.26 Å². The first-order valence-corrected chi connectivity index (χ1v) is 5.55. The van der Waals surface area contributed by atoms with Gasteiger partial charge in [0.05, 0.1) is 17.8 Å². The van der Waals surface area contributed by atoms with E-state index in [2.05, 4.69) is 9.59 Å². The fourth-order valence-electron chi connectivity index (χ4n) is 1.33. The molecule has 0 radical (unpaired) electrons. The van der Waals surface area contributed by atoms with E-state index < -0.39 is 0 Å². The minimum Gasteiger partial charge on any atom is -0.311 e. The van der Waals surface area contributed by atoms with Gasteiger partial charge < -0.3 is 4.90 Å². The third-order valence-corrected chi connectivity index (χ3v) is 2.89. The highest BCUT2D eigenvalue weighted by molar-refractivity contribution is 7.07. The van der Waals surface area contributed by atoms with E-state index in [0.29, 0.717) is 16.1 Å². The Labute approximate surface area is 102 Å². The minimum absolute atomic E-state index is 0.185. The average Bonchev–Trinajstić information content (AvgIpc) is 2.91. The number of anilines is 1. The van der Waals surface area contributed by atoms with Crippen LogP contribution in [0.3, 0.4) is 0 Å². The van der Waals surface area contributed by atoms with Gasteiger partial charge >= 0.3 is 0 Å². The van der Waals surface area contributed by atoms with Gasteiger partial charge in [0.25, 0.3) is 5.91 Å². The summed E-state index contributed by atoms with van der Waals surface area (Å²) in [5.74, 6) is -0.185. The number of rotatable bonds is 2. The Kier molecular flexibility index (Phi) is 3.12. The van der Waals surface area contributed by atoms with Crippen molar-refractivity contribution in [3.05, 3.63) is 40.9 Å². The van der Waals surface area contributed by atoms with Crippen molar-refractivity contribution in [3.63, 3.8) is 0 Å². The Bertz CT molecular complexity index is 573. The molecular weight excluding hydrogens is 236 g/mol. The highest BCUT2D eigenvalue weighted by Crippen LogP contribution is 2.17. The van der Waals surface area contributed by atoms with E-state index in [9.17, 15) is 4.79 Å². The number of hydrogen-bond acceptors (Lipinski definition) is 5. The number of hydrogen-bond donors (Lipinski definition) is 0. The first kappa shape index (κ1) is 11.2. The molecule has 0 saturated carbocycles. The summed E-state index contributed by atoms with van der Waals surface area (Å²) in [6, 6.07) is 8.90. The second kappa shape index (κ2) is 4.72. The van der Waals surface area contributed by atoms with Gasteiger partial charge in [-0.15, -0.1) is 5.10 Å². The van der Waals surface area contributed by atoms with Crippen molar-refractivity contribution in [3.8, 4) is 6.07 Å². The molecule has 2 rings (SSSR count). The van der Waals surface area contributed by atoms with Gasteiger partial charge in [0, 0.05) is 12.7 Å². The van der Waals surface area contributed by atoms with Crippen LogP contribution < -0.4 is 4.90 Å². The molecule has 1 heterocycles. The van der Waals surface area contributed by atoms with E-state index in [1.165, 1.54) is 11.1 Å². The quantitative estimate of drug-likeness (QED) is 0.806. The lowest BCUT2D eigenvalue weighted by atomic mass is 10.2. The van der Waals surface area contributed by atoms with Crippen LogP contribution in [0.25, 0.3) is 0 Å². The van der Waals surface area contributed by atoms with Gasteiger partial charge in [0.15, 0.2) is 0 Å². The predicted molar refractivity (Wildman–Crippen MR) is 63.8 cm³/mol. The van der Waals surface area contributed by atoms with Crippen molar-refractivity contribution >= 4 is 23.1 Å². The summed E-state index contributed by atoms with van der Waals surface area (Å²) in [7, 11) is 1.65. The average molecular weight is 244 g/mol. The lowest BCUT2D eigenvalue weighted by Gasteiger charge is -2.15. The number of aromatic nitrogens is 2.